The van der Waals surface area contributed by atoms with Crippen LogP contribution >= 0.6 is 0 Å². The number of pyridine rings is 1. The van der Waals surface area contributed by atoms with Crippen LogP contribution in [0.5, 0.6) is 0 Å². The first kappa shape index (κ1) is 20.3. The van der Waals surface area contributed by atoms with Crippen molar-refractivity contribution < 1.29 is 18.0 Å². The molecule has 1 aromatic carbocycles. The summed E-state index contributed by atoms with van der Waals surface area (Å²) in [5.74, 6) is 2.33. The normalized spacial score (nSPS) is 11.3. The summed E-state index contributed by atoms with van der Waals surface area (Å²) in [6.07, 6.45) is 3.63. The largest absolute Gasteiger partial charge is 0.390 e. The van der Waals surface area contributed by atoms with Crippen LogP contribution in [-0.2, 0) is 0 Å². The molecule has 2 heterocycles. The van der Waals surface area contributed by atoms with Gasteiger partial charge in [-0.3, -0.25) is 9.20 Å². The number of hydrogen-bond donors (Lipinski definition) is 2. The standard InChI is InChI=1S/C21H19F3N4O/c1-4-14-10-17(26-8-7-21(22,23)24)19-27-11-18(28(19)12-14)15-5-6-16(13(2)9-15)20(29)25-3/h1,5-6,9-12,26H,7-8H2,2-3H3,(H,25,29). The number of nitrogens with one attached hydrogen (secondary N) is 2. The van der Waals surface area contributed by atoms with Gasteiger partial charge < -0.3 is 10.6 Å². The number of aryl methyl sites for hydroxylation is 1. The van der Waals surface area contributed by atoms with Crippen molar-refractivity contribution in [2.45, 2.75) is 19.5 Å². The van der Waals surface area contributed by atoms with Crippen LogP contribution in [0.4, 0.5) is 18.9 Å². The zero-order valence-electron chi connectivity index (χ0n) is 15.9. The Kier molecular flexibility index (Phi) is 5.50. The topological polar surface area (TPSA) is 58.4 Å². The number of alkyl halides is 3. The minimum absolute atomic E-state index is 0.182. The van der Waals surface area contributed by atoms with E-state index in [1.165, 1.54) is 0 Å². The maximum Gasteiger partial charge on any atom is 0.390 e. The van der Waals surface area contributed by atoms with Crippen molar-refractivity contribution in [3.63, 3.8) is 0 Å². The zero-order valence-corrected chi connectivity index (χ0v) is 15.9. The van der Waals surface area contributed by atoms with E-state index >= 15 is 0 Å². The highest BCUT2D eigenvalue weighted by Crippen LogP contribution is 2.28. The Bertz CT molecular complexity index is 1110. The van der Waals surface area contributed by atoms with Gasteiger partial charge in [-0.2, -0.15) is 13.2 Å². The van der Waals surface area contributed by atoms with E-state index in [0.29, 0.717) is 28.2 Å². The number of nitrogens with zero attached hydrogens (tertiary/aromatic N) is 2. The molecule has 0 bridgehead atoms. The SMILES string of the molecule is C#Cc1cc(NCCC(F)(F)F)c2ncc(-c3ccc(C(=O)NC)c(C)c3)n2c1. The van der Waals surface area contributed by atoms with Crippen molar-refractivity contribution >= 4 is 17.2 Å². The van der Waals surface area contributed by atoms with E-state index in [1.54, 1.807) is 42.0 Å². The zero-order chi connectivity index (χ0) is 21.2. The summed E-state index contributed by atoms with van der Waals surface area (Å²) in [5.41, 5.74) is 4.26. The molecule has 150 valence electrons. The van der Waals surface area contributed by atoms with E-state index in [1.807, 2.05) is 13.0 Å². The molecule has 3 aromatic rings. The van der Waals surface area contributed by atoms with Crippen LogP contribution in [0.25, 0.3) is 16.9 Å². The monoisotopic (exact) mass is 400 g/mol. The molecule has 2 aromatic heterocycles. The summed E-state index contributed by atoms with van der Waals surface area (Å²) < 4.78 is 39.2. The Balaban J connectivity index is 2.02. The summed E-state index contributed by atoms with van der Waals surface area (Å²) in [5, 5.41) is 5.37. The fourth-order valence-corrected chi connectivity index (χ4v) is 3.06. The number of amides is 1. The van der Waals surface area contributed by atoms with Gasteiger partial charge in [-0.1, -0.05) is 12.0 Å². The van der Waals surface area contributed by atoms with Gasteiger partial charge in [-0.15, -0.1) is 6.42 Å². The lowest BCUT2D eigenvalue weighted by Gasteiger charge is -2.12. The molecular weight excluding hydrogens is 381 g/mol. The molecule has 0 fully saturated rings. The number of halogens is 3. The second-order valence-corrected chi connectivity index (χ2v) is 6.52. The Morgan fingerprint density at radius 1 is 1.31 bits per heavy atom. The average molecular weight is 400 g/mol. The number of fused-ring (bicyclic) bond motifs is 1. The summed E-state index contributed by atoms with van der Waals surface area (Å²) in [6, 6.07) is 6.96. The third kappa shape index (κ3) is 4.35. The highest BCUT2D eigenvalue weighted by molar-refractivity contribution is 5.96. The van der Waals surface area contributed by atoms with E-state index in [2.05, 4.69) is 21.5 Å². The van der Waals surface area contributed by atoms with E-state index in [-0.39, 0.29) is 12.5 Å². The number of carbonyl (C=O) groups excluding carboxylic acids is 1. The summed E-state index contributed by atoms with van der Waals surface area (Å²) >= 11 is 0. The van der Waals surface area contributed by atoms with Crippen LogP contribution in [0.3, 0.4) is 0 Å². The molecule has 8 heteroatoms. The Morgan fingerprint density at radius 2 is 2.07 bits per heavy atom. The molecule has 0 aliphatic heterocycles. The number of carbonyl (C=O) groups is 1. The molecule has 2 N–H and O–H groups in total. The smallest absolute Gasteiger partial charge is 0.382 e. The van der Waals surface area contributed by atoms with Crippen molar-refractivity contribution in [2.24, 2.45) is 0 Å². The molecule has 5 nitrogen and oxygen atoms in total. The molecule has 0 aliphatic carbocycles. The molecule has 0 aliphatic rings. The minimum atomic E-state index is -4.25. The summed E-state index contributed by atoms with van der Waals surface area (Å²) in [4.78, 5) is 16.3. The predicted molar refractivity (Wildman–Crippen MR) is 106 cm³/mol. The lowest BCUT2D eigenvalue weighted by Crippen LogP contribution is -2.18. The Hall–Kier alpha value is -3.47. The van der Waals surface area contributed by atoms with E-state index in [0.717, 1.165) is 11.1 Å². The number of imidazole rings is 1. The third-order valence-electron chi connectivity index (χ3n) is 4.49. The van der Waals surface area contributed by atoms with Gasteiger partial charge in [-0.25, -0.2) is 4.98 Å². The molecular formula is C21H19F3N4O. The Labute approximate surface area is 166 Å². The highest BCUT2D eigenvalue weighted by Gasteiger charge is 2.26. The predicted octanol–water partition coefficient (Wildman–Crippen LogP) is 4.01. The number of benzene rings is 1. The second-order valence-electron chi connectivity index (χ2n) is 6.52. The number of terminal acetylenes is 1. The molecule has 3 rings (SSSR count). The number of anilines is 1. The van der Waals surface area contributed by atoms with Gasteiger partial charge in [0.05, 0.1) is 24.0 Å². The van der Waals surface area contributed by atoms with Gasteiger partial charge in [0.1, 0.15) is 0 Å². The maximum absolute atomic E-state index is 12.5. The van der Waals surface area contributed by atoms with Crippen LogP contribution in [0.2, 0.25) is 0 Å². The molecule has 0 unspecified atom stereocenters. The van der Waals surface area contributed by atoms with Crippen LogP contribution < -0.4 is 10.6 Å². The molecule has 1 amide bonds. The second kappa shape index (κ2) is 7.87. The first-order chi connectivity index (χ1) is 13.7. The molecule has 0 saturated carbocycles. The molecule has 0 radical (unpaired) electrons. The minimum Gasteiger partial charge on any atom is -0.382 e. The van der Waals surface area contributed by atoms with Gasteiger partial charge in [0.25, 0.3) is 5.91 Å². The summed E-state index contributed by atoms with van der Waals surface area (Å²) in [7, 11) is 1.56. The van der Waals surface area contributed by atoms with E-state index < -0.39 is 12.6 Å². The van der Waals surface area contributed by atoms with Crippen molar-refractivity contribution in [1.82, 2.24) is 14.7 Å². The maximum atomic E-state index is 12.5. The van der Waals surface area contributed by atoms with Crippen molar-refractivity contribution in [1.29, 1.82) is 0 Å². The van der Waals surface area contributed by atoms with Crippen LogP contribution in [-0.4, -0.2) is 35.1 Å². The van der Waals surface area contributed by atoms with Crippen LogP contribution in [0.15, 0.2) is 36.7 Å². The Morgan fingerprint density at radius 3 is 2.69 bits per heavy atom. The fraction of sp³-hybridized carbons (Fsp3) is 0.238. The van der Waals surface area contributed by atoms with Gasteiger partial charge in [0, 0.05) is 36.5 Å². The number of hydrogen-bond acceptors (Lipinski definition) is 3. The average Bonchev–Trinajstić information content (AvgIpc) is 3.10. The third-order valence-corrected chi connectivity index (χ3v) is 4.49. The summed E-state index contributed by atoms with van der Waals surface area (Å²) in [6.45, 7) is 1.55. The van der Waals surface area contributed by atoms with E-state index in [4.69, 9.17) is 6.42 Å². The molecule has 29 heavy (non-hydrogen) atoms. The van der Waals surface area contributed by atoms with Crippen molar-refractivity contribution in [3.05, 3.63) is 53.3 Å². The quantitative estimate of drug-likeness (QED) is 0.636. The van der Waals surface area contributed by atoms with Gasteiger partial charge in [0.15, 0.2) is 5.65 Å². The molecule has 0 saturated heterocycles. The molecule has 0 spiro atoms. The van der Waals surface area contributed by atoms with Crippen molar-refractivity contribution in [3.8, 4) is 23.6 Å². The number of aromatic nitrogens is 2. The van der Waals surface area contributed by atoms with Crippen LogP contribution in [0.1, 0.15) is 27.9 Å². The molecule has 0 atom stereocenters. The van der Waals surface area contributed by atoms with Gasteiger partial charge in [-0.05, 0) is 30.7 Å². The lowest BCUT2D eigenvalue weighted by molar-refractivity contribution is -0.131. The van der Waals surface area contributed by atoms with Crippen molar-refractivity contribution in [2.75, 3.05) is 18.9 Å². The van der Waals surface area contributed by atoms with Gasteiger partial charge in [0.2, 0.25) is 0 Å². The van der Waals surface area contributed by atoms with E-state index in [9.17, 15) is 18.0 Å². The fourth-order valence-electron chi connectivity index (χ4n) is 3.06. The first-order valence-electron chi connectivity index (χ1n) is 8.85. The van der Waals surface area contributed by atoms with Crippen LogP contribution in [0, 0.1) is 19.3 Å². The lowest BCUT2D eigenvalue weighted by atomic mass is 10.0. The number of rotatable bonds is 5. The first-order valence-corrected chi connectivity index (χ1v) is 8.85. The van der Waals surface area contributed by atoms with Gasteiger partial charge >= 0.3 is 6.18 Å². The highest BCUT2D eigenvalue weighted by atomic mass is 19.4.